The molecule has 7 fully saturated rings. The van der Waals surface area contributed by atoms with Crippen LogP contribution in [-0.2, 0) is 23.8 Å². The number of hydrogen-bond donors (Lipinski definition) is 5. The maximum Gasteiger partial charge on any atom is 0.309 e. The summed E-state index contributed by atoms with van der Waals surface area (Å²) in [5.41, 5.74) is -5.22. The van der Waals surface area contributed by atoms with Gasteiger partial charge in [-0.3, -0.25) is 14.5 Å². The summed E-state index contributed by atoms with van der Waals surface area (Å²) in [5, 5.41) is 62.1. The Labute approximate surface area is 265 Å². The Morgan fingerprint density at radius 2 is 1.78 bits per heavy atom. The van der Waals surface area contributed by atoms with Gasteiger partial charge in [-0.25, -0.2) is 0 Å². The first kappa shape index (κ1) is 32.2. The summed E-state index contributed by atoms with van der Waals surface area (Å²) < 4.78 is 18.6. The summed E-state index contributed by atoms with van der Waals surface area (Å²) in [6.07, 6.45) is -1.45. The fourth-order valence-corrected chi connectivity index (χ4v) is 12.3. The fourth-order valence-electron chi connectivity index (χ4n) is 12.3. The Morgan fingerprint density at radius 1 is 1.07 bits per heavy atom. The van der Waals surface area contributed by atoms with Crippen molar-refractivity contribution in [3.63, 3.8) is 0 Å². The molecule has 45 heavy (non-hydrogen) atoms. The molecule has 1 spiro atoms. The van der Waals surface area contributed by atoms with E-state index in [0.29, 0.717) is 31.7 Å². The lowest BCUT2D eigenvalue weighted by Gasteiger charge is -2.64. The van der Waals surface area contributed by atoms with Gasteiger partial charge in [0.1, 0.15) is 5.60 Å². The largest absolute Gasteiger partial charge is 0.457 e. The van der Waals surface area contributed by atoms with Crippen LogP contribution in [0.25, 0.3) is 0 Å². The number of aliphatic hydroxyl groups excluding tert-OH is 2. The average Bonchev–Trinajstić information content (AvgIpc) is 3.24. The van der Waals surface area contributed by atoms with E-state index in [9.17, 15) is 35.1 Å². The molecule has 0 aromatic rings. The highest BCUT2D eigenvalue weighted by Crippen LogP contribution is 2.77. The number of fused-ring (bicyclic) bond motifs is 5. The second-order valence-electron chi connectivity index (χ2n) is 16.6. The van der Waals surface area contributed by atoms with E-state index in [4.69, 9.17) is 14.2 Å². The van der Waals surface area contributed by atoms with Gasteiger partial charge < -0.3 is 39.7 Å². The van der Waals surface area contributed by atoms with Gasteiger partial charge in [0.25, 0.3) is 0 Å². The molecule has 4 saturated carbocycles. The molecule has 0 aromatic heterocycles. The van der Waals surface area contributed by atoms with Crippen LogP contribution in [0, 0.1) is 46.8 Å². The van der Waals surface area contributed by atoms with Crippen LogP contribution in [0.2, 0.25) is 0 Å². The Kier molecular flexibility index (Phi) is 7.22. The molecular formula is C34H53NO10. The summed E-state index contributed by atoms with van der Waals surface area (Å²) >= 11 is 0. The van der Waals surface area contributed by atoms with Crippen molar-refractivity contribution in [1.82, 2.24) is 4.90 Å². The van der Waals surface area contributed by atoms with Crippen molar-refractivity contribution in [3.05, 3.63) is 0 Å². The predicted octanol–water partition coefficient (Wildman–Crippen LogP) is 1.35. The molecule has 3 heterocycles. The van der Waals surface area contributed by atoms with Crippen molar-refractivity contribution < 1.29 is 49.3 Å². The summed E-state index contributed by atoms with van der Waals surface area (Å²) in [6.45, 7) is 12.2. The molecule has 0 radical (unpaired) electrons. The molecule has 254 valence electrons. The van der Waals surface area contributed by atoms with Gasteiger partial charge in [0.2, 0.25) is 5.79 Å². The number of piperidine rings is 2. The molecule has 3 aliphatic heterocycles. The molecule has 3 saturated heterocycles. The van der Waals surface area contributed by atoms with Gasteiger partial charge in [-0.15, -0.1) is 0 Å². The van der Waals surface area contributed by atoms with E-state index in [1.54, 1.807) is 13.8 Å². The quantitative estimate of drug-likeness (QED) is 0.283. The molecule has 11 nitrogen and oxygen atoms in total. The summed E-state index contributed by atoms with van der Waals surface area (Å²) in [4.78, 5) is 27.8. The average molecular weight is 636 g/mol. The zero-order valence-electron chi connectivity index (χ0n) is 27.5. The Bertz CT molecular complexity index is 1250. The fraction of sp³-hybridized carbons (Fsp3) is 0.941. The van der Waals surface area contributed by atoms with Crippen LogP contribution in [0.5, 0.6) is 0 Å². The van der Waals surface area contributed by atoms with Crippen molar-refractivity contribution in [2.45, 2.75) is 140 Å². The van der Waals surface area contributed by atoms with E-state index in [-0.39, 0.29) is 18.9 Å². The Morgan fingerprint density at radius 3 is 2.44 bits per heavy atom. The smallest absolute Gasteiger partial charge is 0.309 e. The molecule has 0 aromatic carbocycles. The van der Waals surface area contributed by atoms with E-state index >= 15 is 0 Å². The normalized spacial score (nSPS) is 57.2. The third-order valence-electron chi connectivity index (χ3n) is 14.3. The highest BCUT2D eigenvalue weighted by atomic mass is 16.7. The molecule has 4 bridgehead atoms. The van der Waals surface area contributed by atoms with Gasteiger partial charge in [0.15, 0.2) is 12.2 Å². The first-order valence-electron chi connectivity index (χ1n) is 17.3. The molecule has 17 atom stereocenters. The molecule has 17 unspecified atom stereocenters. The van der Waals surface area contributed by atoms with E-state index in [1.807, 2.05) is 13.8 Å². The van der Waals surface area contributed by atoms with Crippen LogP contribution in [0.1, 0.15) is 86.5 Å². The predicted molar refractivity (Wildman–Crippen MR) is 159 cm³/mol. The van der Waals surface area contributed by atoms with Crippen LogP contribution in [0.3, 0.4) is 0 Å². The van der Waals surface area contributed by atoms with E-state index in [0.717, 1.165) is 19.4 Å². The summed E-state index contributed by atoms with van der Waals surface area (Å²) in [6, 6.07) is -0.191. The minimum absolute atomic E-state index is 0.0891. The van der Waals surface area contributed by atoms with Gasteiger partial charge >= 0.3 is 11.9 Å². The van der Waals surface area contributed by atoms with Crippen molar-refractivity contribution in [2.24, 2.45) is 46.8 Å². The first-order valence-corrected chi connectivity index (χ1v) is 17.3. The van der Waals surface area contributed by atoms with Crippen LogP contribution in [-0.4, -0.2) is 109 Å². The zero-order valence-corrected chi connectivity index (χ0v) is 27.5. The standard InChI is InChI=1S/C34H53NO10/c1-7-17(3)29(39)44-28-26(38)25-19(15-35-14-16(2)8-9-23(35)31(25,6)40)20-13-32-27(33(20,28)41)21(37)12-22-30(32,5)11-10-24(43-18(4)36)34(22,42)45-32/h16-17,19-28,37-38,40-42H,7-15H2,1-6H3. The number of rotatable bonds is 4. The second-order valence-corrected chi connectivity index (χ2v) is 16.6. The van der Waals surface area contributed by atoms with Gasteiger partial charge in [-0.05, 0) is 69.6 Å². The van der Waals surface area contributed by atoms with E-state index in [1.165, 1.54) is 6.92 Å². The van der Waals surface area contributed by atoms with Crippen LogP contribution in [0.15, 0.2) is 0 Å². The van der Waals surface area contributed by atoms with Crippen LogP contribution in [0.4, 0.5) is 0 Å². The monoisotopic (exact) mass is 635 g/mol. The number of carbonyl (C=O) groups excluding carboxylic acids is 2. The minimum atomic E-state index is -1.91. The first-order chi connectivity index (χ1) is 21.0. The third kappa shape index (κ3) is 3.95. The summed E-state index contributed by atoms with van der Waals surface area (Å²) in [5.74, 6) is -6.32. The number of ether oxygens (including phenoxy) is 3. The summed E-state index contributed by atoms with van der Waals surface area (Å²) in [7, 11) is 0. The van der Waals surface area contributed by atoms with Crippen molar-refractivity contribution in [2.75, 3.05) is 13.1 Å². The SMILES string of the molecule is CCC(C)C(=O)OC1C(O)C2C(CN3CC(C)CCC3C2(C)O)C2CC34OC5(O)C(OC(C)=O)CCC3(C)C5CC(O)C4C21O. The third-order valence-corrected chi connectivity index (χ3v) is 14.3. The van der Waals surface area contributed by atoms with Gasteiger partial charge in [-0.1, -0.05) is 27.7 Å². The zero-order chi connectivity index (χ0) is 32.6. The van der Waals surface area contributed by atoms with E-state index in [2.05, 4.69) is 11.8 Å². The molecule has 7 rings (SSSR count). The number of nitrogens with zero attached hydrogens (tertiary/aromatic N) is 1. The van der Waals surface area contributed by atoms with Gasteiger partial charge in [0.05, 0.1) is 29.3 Å². The van der Waals surface area contributed by atoms with Gasteiger partial charge in [0, 0.05) is 49.2 Å². The number of esters is 2. The maximum absolute atomic E-state index is 13.4. The number of aliphatic hydroxyl groups is 5. The van der Waals surface area contributed by atoms with Crippen LogP contribution < -0.4 is 0 Å². The van der Waals surface area contributed by atoms with Crippen molar-refractivity contribution in [3.8, 4) is 0 Å². The number of carbonyl (C=O) groups is 2. The van der Waals surface area contributed by atoms with Crippen molar-refractivity contribution >= 4 is 11.9 Å². The molecule has 5 N–H and O–H groups in total. The molecule has 11 heteroatoms. The molecule has 4 aliphatic carbocycles. The maximum atomic E-state index is 13.4. The van der Waals surface area contributed by atoms with E-state index < -0.39 is 99.9 Å². The molecule has 7 aliphatic rings. The number of hydrogen-bond acceptors (Lipinski definition) is 11. The van der Waals surface area contributed by atoms with Crippen molar-refractivity contribution in [1.29, 1.82) is 0 Å². The topological polar surface area (TPSA) is 166 Å². The molecule has 0 amide bonds. The lowest BCUT2D eigenvalue weighted by Crippen LogP contribution is -2.77. The molecular weight excluding hydrogens is 582 g/mol. The lowest BCUT2D eigenvalue weighted by atomic mass is 9.49. The van der Waals surface area contributed by atoms with Gasteiger partial charge in [-0.2, -0.15) is 0 Å². The van der Waals surface area contributed by atoms with Crippen LogP contribution >= 0.6 is 0 Å². The highest BCUT2D eigenvalue weighted by Gasteiger charge is 2.87. The second kappa shape index (κ2) is 10.1. The minimum Gasteiger partial charge on any atom is -0.457 e. The highest BCUT2D eigenvalue weighted by molar-refractivity contribution is 5.72. The Hall–Kier alpha value is -1.34. The lowest BCUT2D eigenvalue weighted by molar-refractivity contribution is -0.299. The Balaban J connectivity index is 1.38.